The molecule has 0 aromatic heterocycles. The topological polar surface area (TPSA) is 72.8 Å². The van der Waals surface area contributed by atoms with Crippen molar-refractivity contribution < 1.29 is 23.6 Å². The fraction of sp³-hybridized carbons (Fsp3) is 0.0556. The van der Waals surface area contributed by atoms with E-state index >= 15 is 0 Å². The summed E-state index contributed by atoms with van der Waals surface area (Å²) in [4.78, 5) is 12.4. The second-order valence-electron chi connectivity index (χ2n) is 4.91. The number of methoxy groups -OCH3 is 1. The van der Waals surface area contributed by atoms with E-state index in [2.05, 4.69) is 4.74 Å². The van der Waals surface area contributed by atoms with Crippen LogP contribution in [0.4, 0.5) is 4.79 Å². The summed E-state index contributed by atoms with van der Waals surface area (Å²) in [6.45, 7) is 0. The molecule has 0 aliphatic heterocycles. The Balaban J connectivity index is 2.26. The summed E-state index contributed by atoms with van der Waals surface area (Å²) in [6, 6.07) is 17.0. The normalized spacial score (nSPS) is 11.9. The molecule has 0 saturated heterocycles. The molecule has 0 amide bonds. The van der Waals surface area contributed by atoms with Crippen molar-refractivity contribution in [2.45, 2.75) is 9.79 Å². The van der Waals surface area contributed by atoms with Crippen LogP contribution < -0.4 is 4.74 Å². The lowest BCUT2D eigenvalue weighted by Gasteiger charge is -2.13. The van der Waals surface area contributed by atoms with Crippen LogP contribution in [0.5, 0.6) is 11.5 Å². The van der Waals surface area contributed by atoms with Gasteiger partial charge in [0.05, 0.1) is 22.8 Å². The van der Waals surface area contributed by atoms with Gasteiger partial charge >= 0.3 is 6.16 Å². The summed E-state index contributed by atoms with van der Waals surface area (Å²) in [6.07, 6.45) is -0.948. The molecule has 122 valence electrons. The maximum Gasteiger partial charge on any atom is 0.513 e. The van der Waals surface area contributed by atoms with E-state index in [1.54, 1.807) is 48.5 Å². The van der Waals surface area contributed by atoms with Crippen LogP contribution in [0.25, 0.3) is 10.8 Å². The quantitative estimate of drug-likeness (QED) is 0.578. The van der Waals surface area contributed by atoms with Gasteiger partial charge in [0.25, 0.3) is 0 Å². The van der Waals surface area contributed by atoms with Crippen molar-refractivity contribution in [3.63, 3.8) is 0 Å². The third kappa shape index (κ3) is 2.96. The van der Waals surface area contributed by atoms with E-state index in [9.17, 15) is 14.1 Å². The van der Waals surface area contributed by atoms with Crippen molar-refractivity contribution in [2.75, 3.05) is 7.11 Å². The predicted octanol–water partition coefficient (Wildman–Crippen LogP) is 3.86. The van der Waals surface area contributed by atoms with E-state index in [0.717, 1.165) is 0 Å². The lowest BCUT2D eigenvalue weighted by molar-refractivity contribution is 0.120. The molecule has 3 aromatic carbocycles. The van der Waals surface area contributed by atoms with Gasteiger partial charge in [-0.1, -0.05) is 42.5 Å². The number of fused-ring (bicyclic) bond motifs is 1. The number of phenols is 1. The van der Waals surface area contributed by atoms with Crippen molar-refractivity contribution in [1.29, 1.82) is 0 Å². The van der Waals surface area contributed by atoms with Gasteiger partial charge in [-0.3, -0.25) is 0 Å². The van der Waals surface area contributed by atoms with E-state index in [1.807, 2.05) is 6.07 Å². The van der Waals surface area contributed by atoms with E-state index in [4.69, 9.17) is 4.74 Å². The Morgan fingerprint density at radius 3 is 2.29 bits per heavy atom. The summed E-state index contributed by atoms with van der Waals surface area (Å²) in [5, 5.41) is 11.2. The van der Waals surface area contributed by atoms with Crippen molar-refractivity contribution in [2.24, 2.45) is 0 Å². The van der Waals surface area contributed by atoms with Crippen LogP contribution in [0.1, 0.15) is 0 Å². The third-order valence-corrected chi connectivity index (χ3v) is 4.93. The summed E-state index contributed by atoms with van der Waals surface area (Å²) in [5.41, 5.74) is 0. The fourth-order valence-corrected chi connectivity index (χ4v) is 3.67. The molecule has 0 spiro atoms. The predicted molar refractivity (Wildman–Crippen MR) is 89.8 cm³/mol. The highest BCUT2D eigenvalue weighted by atomic mass is 32.2. The zero-order valence-corrected chi connectivity index (χ0v) is 13.6. The average Bonchev–Trinajstić information content (AvgIpc) is 2.62. The third-order valence-electron chi connectivity index (χ3n) is 3.44. The fourth-order valence-electron chi connectivity index (χ4n) is 2.37. The molecule has 0 saturated carbocycles. The molecule has 3 rings (SSSR count). The van der Waals surface area contributed by atoms with Crippen LogP contribution in [0, 0.1) is 0 Å². The first-order chi connectivity index (χ1) is 11.6. The lowest BCUT2D eigenvalue weighted by atomic mass is 10.1. The van der Waals surface area contributed by atoms with E-state index < -0.39 is 17.0 Å². The van der Waals surface area contributed by atoms with Gasteiger partial charge in [-0.15, -0.1) is 0 Å². The molecule has 24 heavy (non-hydrogen) atoms. The first-order valence-corrected chi connectivity index (χ1v) is 8.24. The summed E-state index contributed by atoms with van der Waals surface area (Å²) in [7, 11) is -0.426. The van der Waals surface area contributed by atoms with Crippen molar-refractivity contribution >= 4 is 27.7 Å². The molecule has 0 aliphatic rings. The molecular formula is C18H14O5S. The number of rotatable bonds is 3. The maximum atomic E-state index is 13.1. The molecular weight excluding hydrogens is 328 g/mol. The van der Waals surface area contributed by atoms with Crippen LogP contribution in [-0.4, -0.2) is 22.6 Å². The monoisotopic (exact) mass is 342 g/mol. The number of hydrogen-bond acceptors (Lipinski definition) is 5. The van der Waals surface area contributed by atoms with E-state index in [0.29, 0.717) is 20.6 Å². The van der Waals surface area contributed by atoms with Crippen LogP contribution in [-0.2, 0) is 15.5 Å². The largest absolute Gasteiger partial charge is 0.513 e. The minimum Gasteiger partial charge on any atom is -0.507 e. The Labute approximate surface area is 140 Å². The van der Waals surface area contributed by atoms with Crippen LogP contribution in [0.2, 0.25) is 0 Å². The molecule has 0 aliphatic carbocycles. The minimum atomic E-state index is -1.60. The van der Waals surface area contributed by atoms with Gasteiger partial charge in [0.1, 0.15) is 5.75 Å². The molecule has 1 N–H and O–H groups in total. The Hall–Kier alpha value is -2.86. The zero-order chi connectivity index (χ0) is 17.1. The van der Waals surface area contributed by atoms with Crippen molar-refractivity contribution in [1.82, 2.24) is 0 Å². The summed E-state index contributed by atoms with van der Waals surface area (Å²) in [5.74, 6) is -0.0708. The number of hydrogen-bond donors (Lipinski definition) is 1. The molecule has 1 atom stereocenters. The first kappa shape index (κ1) is 16.0. The Morgan fingerprint density at radius 2 is 1.62 bits per heavy atom. The van der Waals surface area contributed by atoms with E-state index in [1.165, 1.54) is 13.2 Å². The Morgan fingerprint density at radius 1 is 1.00 bits per heavy atom. The van der Waals surface area contributed by atoms with Gasteiger partial charge in [-0.2, -0.15) is 0 Å². The van der Waals surface area contributed by atoms with Crippen LogP contribution >= 0.6 is 0 Å². The highest BCUT2D eigenvalue weighted by molar-refractivity contribution is 7.85. The van der Waals surface area contributed by atoms with Crippen molar-refractivity contribution in [3.05, 3.63) is 60.7 Å². The van der Waals surface area contributed by atoms with Crippen LogP contribution in [0.15, 0.2) is 70.5 Å². The molecule has 1 unspecified atom stereocenters. The number of carbonyl (C=O) groups excluding carboxylic acids is 1. The van der Waals surface area contributed by atoms with Crippen LogP contribution in [0.3, 0.4) is 0 Å². The second-order valence-corrected chi connectivity index (χ2v) is 6.32. The number of ether oxygens (including phenoxy) is 2. The molecule has 0 radical (unpaired) electrons. The highest BCUT2D eigenvalue weighted by Crippen LogP contribution is 2.39. The first-order valence-electron chi connectivity index (χ1n) is 7.09. The molecule has 0 heterocycles. The van der Waals surface area contributed by atoms with Crippen molar-refractivity contribution in [3.8, 4) is 11.5 Å². The summed E-state index contributed by atoms with van der Waals surface area (Å²) >= 11 is 0. The number of carbonyl (C=O) groups is 1. The van der Waals surface area contributed by atoms with Gasteiger partial charge in [-0.25, -0.2) is 9.00 Å². The smallest absolute Gasteiger partial charge is 0.507 e. The van der Waals surface area contributed by atoms with Gasteiger partial charge in [0.2, 0.25) is 0 Å². The summed E-state index contributed by atoms with van der Waals surface area (Å²) < 4.78 is 22.7. The molecule has 6 heteroatoms. The SMILES string of the molecule is COC(=O)Oc1cc(O)c2ccccc2c1S(=O)c1ccccc1. The van der Waals surface area contributed by atoms with Gasteiger partial charge in [0.15, 0.2) is 5.75 Å². The Kier molecular flexibility index (Phi) is 4.48. The maximum absolute atomic E-state index is 13.1. The second kappa shape index (κ2) is 6.72. The molecule has 0 bridgehead atoms. The molecule has 5 nitrogen and oxygen atoms in total. The standard InChI is InChI=1S/C18H14O5S/c1-22-18(20)23-16-11-15(19)13-9-5-6-10-14(13)17(16)24(21)12-7-3-2-4-8-12/h2-11,19H,1H3. The zero-order valence-electron chi connectivity index (χ0n) is 12.8. The number of phenolic OH excluding ortho intramolecular Hbond substituents is 1. The van der Waals surface area contributed by atoms with Gasteiger partial charge in [0, 0.05) is 21.7 Å². The minimum absolute atomic E-state index is 0.000219. The van der Waals surface area contributed by atoms with Gasteiger partial charge < -0.3 is 14.6 Å². The van der Waals surface area contributed by atoms with E-state index in [-0.39, 0.29) is 11.5 Å². The average molecular weight is 342 g/mol. The number of aromatic hydroxyl groups is 1. The van der Waals surface area contributed by atoms with Gasteiger partial charge in [-0.05, 0) is 12.1 Å². The Bertz CT molecular complexity index is 921. The lowest BCUT2D eigenvalue weighted by Crippen LogP contribution is -2.10. The number of benzene rings is 3. The molecule has 3 aromatic rings. The highest BCUT2D eigenvalue weighted by Gasteiger charge is 2.21. The molecule has 0 fully saturated rings.